The molecule has 4 aliphatic rings. The molecule has 0 saturated carbocycles. The fraction of sp³-hybridized carbons (Fsp3) is 0.600. The highest BCUT2D eigenvalue weighted by atomic mass is 16.5. The molecule has 226 valence electrons. The summed E-state index contributed by atoms with van der Waals surface area (Å²) in [7, 11) is 0. The lowest BCUT2D eigenvalue weighted by Gasteiger charge is -2.34. The summed E-state index contributed by atoms with van der Waals surface area (Å²) in [4.78, 5) is 83.3. The second-order valence-corrected chi connectivity index (χ2v) is 11.3. The first-order valence-corrected chi connectivity index (χ1v) is 14.9. The summed E-state index contributed by atoms with van der Waals surface area (Å²) in [6.45, 7) is 6.07. The lowest BCUT2D eigenvalue weighted by Crippen LogP contribution is -2.48. The Morgan fingerprint density at radius 3 is 1.43 bits per heavy atom. The van der Waals surface area contributed by atoms with Crippen molar-refractivity contribution < 1.29 is 38.2 Å². The monoisotopic (exact) mass is 582 g/mol. The molecule has 1 aromatic carbocycles. The van der Waals surface area contributed by atoms with Crippen LogP contribution in [0.5, 0.6) is 0 Å². The van der Waals surface area contributed by atoms with E-state index in [9.17, 15) is 28.8 Å². The first-order valence-electron chi connectivity index (χ1n) is 14.9. The maximum absolute atomic E-state index is 13.4. The number of carbonyl (C=O) groups is 6. The molecule has 4 saturated heterocycles. The van der Waals surface area contributed by atoms with E-state index in [-0.39, 0.29) is 60.2 Å². The smallest absolute Gasteiger partial charge is 0.310 e. The van der Waals surface area contributed by atoms with Gasteiger partial charge in [-0.15, -0.1) is 0 Å². The van der Waals surface area contributed by atoms with E-state index in [0.29, 0.717) is 63.6 Å². The van der Waals surface area contributed by atoms with Crippen molar-refractivity contribution in [1.29, 1.82) is 0 Å². The fourth-order valence-corrected chi connectivity index (χ4v) is 6.58. The summed E-state index contributed by atoms with van der Waals surface area (Å²) in [5.74, 6) is -2.60. The van der Waals surface area contributed by atoms with Gasteiger partial charge in [-0.25, -0.2) is 9.80 Å². The lowest BCUT2D eigenvalue weighted by molar-refractivity contribution is -0.151. The van der Waals surface area contributed by atoms with Crippen molar-refractivity contribution in [2.45, 2.75) is 64.5 Å². The maximum atomic E-state index is 13.4. The normalized spacial score (nSPS) is 27.6. The number of benzene rings is 1. The van der Waals surface area contributed by atoms with Gasteiger partial charge in [-0.3, -0.25) is 38.6 Å². The van der Waals surface area contributed by atoms with E-state index in [1.807, 2.05) is 9.80 Å². The molecule has 0 unspecified atom stereocenters. The minimum atomic E-state index is -0.653. The summed E-state index contributed by atoms with van der Waals surface area (Å²) < 4.78 is 10.3. The van der Waals surface area contributed by atoms with Gasteiger partial charge in [-0.05, 0) is 76.9 Å². The van der Waals surface area contributed by atoms with Crippen LogP contribution in [0.25, 0.3) is 0 Å². The first kappa shape index (κ1) is 29.8. The van der Waals surface area contributed by atoms with Crippen LogP contribution in [0.4, 0.5) is 11.4 Å². The van der Waals surface area contributed by atoms with Crippen LogP contribution in [0, 0.1) is 11.8 Å². The number of hydrogen-bond donors (Lipinski definition) is 0. The van der Waals surface area contributed by atoms with Gasteiger partial charge in [0, 0.05) is 13.1 Å². The molecule has 4 aliphatic heterocycles. The molecule has 4 amide bonds. The van der Waals surface area contributed by atoms with Gasteiger partial charge >= 0.3 is 11.9 Å². The van der Waals surface area contributed by atoms with Gasteiger partial charge in [0.1, 0.15) is 0 Å². The standard InChI is InChI=1S/C30H38N4O8/c1-3-41-29(39)19-7-5-13-31(17-19)23-15-25(35)33(27(23)37)21-9-11-22(12-10-21)34-26(36)16-24(28(34)38)32-14-6-8-20(18-32)30(40)42-4-2/h9-12,19-20,23-24H,3-8,13-18H2,1-2H3/t19-,20-,23-,24+/m0/s1. The van der Waals surface area contributed by atoms with Gasteiger partial charge in [0.25, 0.3) is 11.8 Å². The van der Waals surface area contributed by atoms with E-state index < -0.39 is 12.1 Å². The summed E-state index contributed by atoms with van der Waals surface area (Å²) in [6, 6.07) is 4.96. The molecule has 1 aromatic rings. The molecular formula is C30H38N4O8. The van der Waals surface area contributed by atoms with E-state index in [2.05, 4.69) is 0 Å². The third kappa shape index (κ3) is 5.82. The van der Waals surface area contributed by atoms with E-state index >= 15 is 0 Å². The molecule has 4 heterocycles. The van der Waals surface area contributed by atoms with Crippen molar-refractivity contribution in [3.63, 3.8) is 0 Å². The van der Waals surface area contributed by atoms with Crippen LogP contribution in [-0.4, -0.2) is 96.8 Å². The number of nitrogens with zero attached hydrogens (tertiary/aromatic N) is 4. The molecule has 4 atom stereocenters. The van der Waals surface area contributed by atoms with Crippen LogP contribution < -0.4 is 9.80 Å². The highest BCUT2D eigenvalue weighted by Gasteiger charge is 2.46. The van der Waals surface area contributed by atoms with Gasteiger partial charge in [0.05, 0.1) is 61.3 Å². The molecule has 12 nitrogen and oxygen atoms in total. The molecule has 0 N–H and O–H groups in total. The Morgan fingerprint density at radius 1 is 0.690 bits per heavy atom. The lowest BCUT2D eigenvalue weighted by atomic mass is 9.96. The van der Waals surface area contributed by atoms with E-state index in [1.54, 1.807) is 38.1 Å². The minimum absolute atomic E-state index is 0.0174. The molecule has 0 radical (unpaired) electrons. The number of piperidine rings is 2. The number of ether oxygens (including phenoxy) is 2. The van der Waals surface area contributed by atoms with Crippen molar-refractivity contribution in [1.82, 2.24) is 9.80 Å². The molecule has 0 aromatic heterocycles. The van der Waals surface area contributed by atoms with Gasteiger partial charge in [0.15, 0.2) is 0 Å². The Bertz CT molecular complexity index is 1160. The topological polar surface area (TPSA) is 134 Å². The number of likely N-dealkylation sites (tertiary alicyclic amines) is 2. The number of amides is 4. The summed E-state index contributed by atoms with van der Waals surface area (Å²) in [6.07, 6.45) is 2.88. The Labute approximate surface area is 244 Å². The van der Waals surface area contributed by atoms with Gasteiger partial charge in [-0.1, -0.05) is 0 Å². The SMILES string of the molecule is CCOC(=O)[C@H]1CCCN([C@@H]2CC(=O)N(c3ccc(N4C(=O)C[C@H](N5CCC[C@H](C(=O)OCC)C5)C4=O)cc3)C2=O)C1. The van der Waals surface area contributed by atoms with E-state index in [1.165, 1.54) is 0 Å². The van der Waals surface area contributed by atoms with Crippen LogP contribution in [-0.2, 0) is 38.2 Å². The number of carbonyl (C=O) groups excluding carboxylic acids is 6. The Hall–Kier alpha value is -3.64. The molecule has 0 bridgehead atoms. The van der Waals surface area contributed by atoms with Gasteiger partial charge in [0.2, 0.25) is 11.8 Å². The highest BCUT2D eigenvalue weighted by Crippen LogP contribution is 2.33. The van der Waals surface area contributed by atoms with Crippen molar-refractivity contribution >= 4 is 46.9 Å². The van der Waals surface area contributed by atoms with Crippen LogP contribution in [0.15, 0.2) is 24.3 Å². The maximum Gasteiger partial charge on any atom is 0.310 e. The number of imide groups is 2. The molecular weight excluding hydrogens is 544 g/mol. The fourth-order valence-electron chi connectivity index (χ4n) is 6.58. The average Bonchev–Trinajstić information content (AvgIpc) is 3.46. The Morgan fingerprint density at radius 2 is 1.07 bits per heavy atom. The number of esters is 2. The Kier molecular flexibility index (Phi) is 9.02. The molecule has 42 heavy (non-hydrogen) atoms. The largest absolute Gasteiger partial charge is 0.466 e. The Balaban J connectivity index is 1.25. The van der Waals surface area contributed by atoms with Crippen LogP contribution in [0.3, 0.4) is 0 Å². The summed E-state index contributed by atoms with van der Waals surface area (Å²) in [5.41, 5.74) is 0.721. The van der Waals surface area contributed by atoms with Crippen LogP contribution in [0.1, 0.15) is 52.4 Å². The molecule has 4 fully saturated rings. The van der Waals surface area contributed by atoms with Gasteiger partial charge < -0.3 is 9.47 Å². The predicted octanol–water partition coefficient (Wildman–Crippen LogP) is 1.50. The third-order valence-corrected chi connectivity index (χ3v) is 8.64. The van der Waals surface area contributed by atoms with Crippen molar-refractivity contribution in [2.75, 3.05) is 49.2 Å². The van der Waals surface area contributed by atoms with Crippen LogP contribution >= 0.6 is 0 Å². The summed E-state index contributed by atoms with van der Waals surface area (Å²) >= 11 is 0. The molecule has 5 rings (SSSR count). The molecule has 0 aliphatic carbocycles. The molecule has 0 spiro atoms. The minimum Gasteiger partial charge on any atom is -0.466 e. The predicted molar refractivity (Wildman–Crippen MR) is 150 cm³/mol. The number of anilines is 2. The number of rotatable bonds is 8. The van der Waals surface area contributed by atoms with Crippen molar-refractivity contribution in [3.05, 3.63) is 24.3 Å². The van der Waals surface area contributed by atoms with Crippen molar-refractivity contribution in [2.24, 2.45) is 11.8 Å². The van der Waals surface area contributed by atoms with Gasteiger partial charge in [-0.2, -0.15) is 0 Å². The first-order chi connectivity index (χ1) is 20.2. The second-order valence-electron chi connectivity index (χ2n) is 11.3. The third-order valence-electron chi connectivity index (χ3n) is 8.64. The zero-order valence-electron chi connectivity index (χ0n) is 24.2. The average molecular weight is 583 g/mol. The number of hydrogen-bond acceptors (Lipinski definition) is 10. The highest BCUT2D eigenvalue weighted by molar-refractivity contribution is 6.24. The van der Waals surface area contributed by atoms with Crippen LogP contribution in [0.2, 0.25) is 0 Å². The van der Waals surface area contributed by atoms with Crippen molar-refractivity contribution in [3.8, 4) is 0 Å². The van der Waals surface area contributed by atoms with E-state index in [4.69, 9.17) is 9.47 Å². The summed E-state index contributed by atoms with van der Waals surface area (Å²) in [5, 5.41) is 0. The van der Waals surface area contributed by atoms with E-state index in [0.717, 1.165) is 22.6 Å². The second kappa shape index (κ2) is 12.7. The molecule has 12 heteroatoms. The zero-order chi connectivity index (χ0) is 30.0. The zero-order valence-corrected chi connectivity index (χ0v) is 24.2. The quantitative estimate of drug-likeness (QED) is 0.328.